The molecule has 0 radical (unpaired) electrons. The molecule has 0 atom stereocenters. The Hall–Kier alpha value is -1.84. The summed E-state index contributed by atoms with van der Waals surface area (Å²) in [6.07, 6.45) is 7.37. The van der Waals surface area contributed by atoms with E-state index in [-0.39, 0.29) is 18.4 Å². The number of rotatable bonds is 6. The predicted molar refractivity (Wildman–Crippen MR) is 85.7 cm³/mol. The van der Waals surface area contributed by atoms with Crippen molar-refractivity contribution in [3.8, 4) is 0 Å². The summed E-state index contributed by atoms with van der Waals surface area (Å²) < 4.78 is 5.20. The van der Waals surface area contributed by atoms with Crippen molar-refractivity contribution in [1.29, 1.82) is 0 Å². The zero-order valence-electron chi connectivity index (χ0n) is 13.3. The van der Waals surface area contributed by atoms with E-state index in [2.05, 4.69) is 5.32 Å². The van der Waals surface area contributed by atoms with Crippen LogP contribution < -0.4 is 5.32 Å². The molecule has 1 aromatic rings. The maximum absolute atomic E-state index is 11.9. The predicted octanol–water partition coefficient (Wildman–Crippen LogP) is 3.24. The van der Waals surface area contributed by atoms with Crippen LogP contribution >= 0.6 is 0 Å². The average Bonchev–Trinajstić information content (AvgIpc) is 2.54. The fourth-order valence-electron chi connectivity index (χ4n) is 2.83. The highest BCUT2D eigenvalue weighted by molar-refractivity contribution is 5.95. The Balaban J connectivity index is 1.62. The van der Waals surface area contributed by atoms with E-state index < -0.39 is 0 Å². The molecular weight excluding hydrogens is 278 g/mol. The highest BCUT2D eigenvalue weighted by Gasteiger charge is 2.14. The molecule has 0 aromatic heterocycles. The minimum atomic E-state index is -0.365. The highest BCUT2D eigenvalue weighted by Crippen LogP contribution is 2.25. The van der Waals surface area contributed by atoms with E-state index in [0.717, 1.165) is 12.0 Å². The van der Waals surface area contributed by atoms with E-state index in [4.69, 9.17) is 4.74 Å². The summed E-state index contributed by atoms with van der Waals surface area (Å²) in [6.45, 7) is 2.35. The summed E-state index contributed by atoms with van der Waals surface area (Å²) in [7, 11) is 0. The minimum absolute atomic E-state index is 0.0720. The molecule has 120 valence electrons. The van der Waals surface area contributed by atoms with Crippen molar-refractivity contribution in [2.75, 3.05) is 13.2 Å². The normalized spacial score (nSPS) is 15.3. The summed E-state index contributed by atoms with van der Waals surface area (Å²) in [5.41, 5.74) is 1.65. The van der Waals surface area contributed by atoms with Gasteiger partial charge in [-0.15, -0.1) is 0 Å². The van der Waals surface area contributed by atoms with E-state index in [1.165, 1.54) is 32.1 Å². The van der Waals surface area contributed by atoms with Gasteiger partial charge < -0.3 is 10.1 Å². The molecule has 1 aromatic carbocycles. The van der Waals surface area contributed by atoms with Crippen molar-refractivity contribution in [3.05, 3.63) is 35.4 Å². The fourth-order valence-corrected chi connectivity index (χ4v) is 2.83. The van der Waals surface area contributed by atoms with Crippen molar-refractivity contribution in [2.24, 2.45) is 5.92 Å². The number of hydrogen-bond acceptors (Lipinski definition) is 3. The largest absolute Gasteiger partial charge is 0.464 e. The summed E-state index contributed by atoms with van der Waals surface area (Å²) in [5, 5.41) is 2.59. The van der Waals surface area contributed by atoms with Gasteiger partial charge in [0.1, 0.15) is 6.54 Å². The molecule has 1 fully saturated rings. The molecule has 0 unspecified atom stereocenters. The van der Waals surface area contributed by atoms with Gasteiger partial charge in [-0.1, -0.05) is 49.8 Å². The minimum Gasteiger partial charge on any atom is -0.464 e. The third-order valence-corrected chi connectivity index (χ3v) is 4.22. The Morgan fingerprint density at radius 2 is 1.82 bits per heavy atom. The molecule has 0 saturated heterocycles. The van der Waals surface area contributed by atoms with Gasteiger partial charge in [-0.2, -0.15) is 0 Å². The van der Waals surface area contributed by atoms with Crippen LogP contribution in [0.25, 0.3) is 0 Å². The number of benzene rings is 1. The number of hydrogen-bond donors (Lipinski definition) is 1. The van der Waals surface area contributed by atoms with Crippen molar-refractivity contribution in [3.63, 3.8) is 0 Å². The lowest BCUT2D eigenvalue weighted by molar-refractivity contribution is -0.142. The third-order valence-electron chi connectivity index (χ3n) is 4.22. The Morgan fingerprint density at radius 3 is 2.50 bits per heavy atom. The molecule has 22 heavy (non-hydrogen) atoms. The zero-order valence-corrected chi connectivity index (χ0v) is 13.3. The number of amides is 1. The molecule has 1 saturated carbocycles. The molecule has 0 bridgehead atoms. The smallest absolute Gasteiger partial charge is 0.325 e. The number of carbonyl (C=O) groups excluding carboxylic acids is 2. The van der Waals surface area contributed by atoms with Gasteiger partial charge in [0.25, 0.3) is 5.91 Å². The Labute approximate surface area is 132 Å². The molecule has 0 heterocycles. The quantitative estimate of drug-likeness (QED) is 0.821. The second-order valence-corrected chi connectivity index (χ2v) is 6.06. The summed E-state index contributed by atoms with van der Waals surface area (Å²) in [6, 6.07) is 7.24. The summed E-state index contributed by atoms with van der Waals surface area (Å²) in [4.78, 5) is 23.5. The molecule has 1 amide bonds. The lowest BCUT2D eigenvalue weighted by Gasteiger charge is -2.21. The second kappa shape index (κ2) is 8.57. The van der Waals surface area contributed by atoms with E-state index in [1.807, 2.05) is 19.1 Å². The SMILES string of the molecule is Cc1ccc(C(=O)NCC(=O)OCCC2CCCCC2)cc1. The molecule has 1 aliphatic rings. The Morgan fingerprint density at radius 1 is 1.14 bits per heavy atom. The van der Waals surface area contributed by atoms with Gasteiger partial charge in [0, 0.05) is 5.56 Å². The topological polar surface area (TPSA) is 55.4 Å². The van der Waals surface area contributed by atoms with E-state index >= 15 is 0 Å². The van der Waals surface area contributed by atoms with Gasteiger partial charge in [-0.3, -0.25) is 9.59 Å². The van der Waals surface area contributed by atoms with Crippen molar-refractivity contribution in [1.82, 2.24) is 5.32 Å². The van der Waals surface area contributed by atoms with E-state index in [0.29, 0.717) is 18.1 Å². The van der Waals surface area contributed by atoms with Crippen LogP contribution in [-0.4, -0.2) is 25.0 Å². The van der Waals surface area contributed by atoms with Gasteiger partial charge in [0.05, 0.1) is 6.61 Å². The third kappa shape index (κ3) is 5.51. The van der Waals surface area contributed by atoms with Gasteiger partial charge in [0.15, 0.2) is 0 Å². The number of nitrogens with one attached hydrogen (secondary N) is 1. The van der Waals surface area contributed by atoms with Crippen molar-refractivity contribution < 1.29 is 14.3 Å². The first-order chi connectivity index (χ1) is 10.6. The van der Waals surface area contributed by atoms with Crippen LogP contribution in [0.1, 0.15) is 54.4 Å². The molecule has 2 rings (SSSR count). The van der Waals surface area contributed by atoms with E-state index in [9.17, 15) is 9.59 Å². The second-order valence-electron chi connectivity index (χ2n) is 6.06. The number of esters is 1. The molecule has 0 aliphatic heterocycles. The average molecular weight is 303 g/mol. The van der Waals surface area contributed by atoms with Gasteiger partial charge in [-0.05, 0) is 31.4 Å². The van der Waals surface area contributed by atoms with Crippen LogP contribution in [0.5, 0.6) is 0 Å². The maximum atomic E-state index is 11.9. The van der Waals surface area contributed by atoms with Crippen LogP contribution in [-0.2, 0) is 9.53 Å². The van der Waals surface area contributed by atoms with Crippen molar-refractivity contribution >= 4 is 11.9 Å². The first kappa shape index (κ1) is 16.5. The van der Waals surface area contributed by atoms with E-state index in [1.54, 1.807) is 12.1 Å². The van der Waals surface area contributed by atoms with Gasteiger partial charge in [-0.25, -0.2) is 0 Å². The lowest BCUT2D eigenvalue weighted by atomic mass is 9.87. The first-order valence-electron chi connectivity index (χ1n) is 8.15. The lowest BCUT2D eigenvalue weighted by Crippen LogP contribution is -2.31. The standard InChI is InChI=1S/C18H25NO3/c1-14-7-9-16(10-8-14)18(21)19-13-17(20)22-12-11-15-5-3-2-4-6-15/h7-10,15H,2-6,11-13H2,1H3,(H,19,21). The zero-order chi connectivity index (χ0) is 15.8. The molecule has 1 aliphatic carbocycles. The van der Waals surface area contributed by atoms with Crippen LogP contribution in [0.4, 0.5) is 0 Å². The van der Waals surface area contributed by atoms with Crippen LogP contribution in [0.15, 0.2) is 24.3 Å². The fraction of sp³-hybridized carbons (Fsp3) is 0.556. The van der Waals surface area contributed by atoms with Crippen LogP contribution in [0, 0.1) is 12.8 Å². The molecule has 0 spiro atoms. The maximum Gasteiger partial charge on any atom is 0.325 e. The monoisotopic (exact) mass is 303 g/mol. The molecule has 4 heteroatoms. The first-order valence-corrected chi connectivity index (χ1v) is 8.15. The van der Waals surface area contributed by atoms with Gasteiger partial charge in [0.2, 0.25) is 0 Å². The molecular formula is C18H25NO3. The number of carbonyl (C=O) groups is 2. The summed E-state index contributed by atoms with van der Waals surface area (Å²) >= 11 is 0. The molecule has 1 N–H and O–H groups in total. The summed E-state index contributed by atoms with van der Waals surface area (Å²) in [5.74, 6) is 0.0872. The van der Waals surface area contributed by atoms with Gasteiger partial charge >= 0.3 is 5.97 Å². The van der Waals surface area contributed by atoms with Crippen LogP contribution in [0.2, 0.25) is 0 Å². The highest BCUT2D eigenvalue weighted by atomic mass is 16.5. The number of aryl methyl sites for hydroxylation is 1. The van der Waals surface area contributed by atoms with Crippen LogP contribution in [0.3, 0.4) is 0 Å². The van der Waals surface area contributed by atoms with Crippen molar-refractivity contribution in [2.45, 2.75) is 45.4 Å². The Kier molecular flexibility index (Phi) is 6.44. The molecule has 4 nitrogen and oxygen atoms in total. The number of ether oxygens (including phenoxy) is 1. The Bertz CT molecular complexity index is 490.